The molecule has 2 N–H and O–H groups in total. The Morgan fingerprint density at radius 3 is 2.40 bits per heavy atom. The van der Waals surface area contributed by atoms with E-state index in [2.05, 4.69) is 0 Å². The molecule has 0 aromatic heterocycles. The van der Waals surface area contributed by atoms with E-state index in [9.17, 15) is 13.2 Å². The molecule has 0 atom stereocenters. The lowest BCUT2D eigenvalue weighted by Crippen LogP contribution is -2.06. The van der Waals surface area contributed by atoms with Gasteiger partial charge in [-0.1, -0.05) is 18.2 Å². The van der Waals surface area contributed by atoms with Crippen molar-refractivity contribution in [2.24, 2.45) is 0 Å². The highest BCUT2D eigenvalue weighted by Crippen LogP contribution is 2.35. The van der Waals surface area contributed by atoms with E-state index in [0.29, 0.717) is 18.8 Å². The van der Waals surface area contributed by atoms with Gasteiger partial charge in [0.05, 0.1) is 18.8 Å². The summed E-state index contributed by atoms with van der Waals surface area (Å²) in [6, 6.07) is 9.13. The van der Waals surface area contributed by atoms with Crippen molar-refractivity contribution in [1.29, 1.82) is 0 Å². The lowest BCUT2D eigenvalue weighted by atomic mass is 9.98. The zero-order valence-electron chi connectivity index (χ0n) is 10.5. The molecule has 2 aromatic rings. The van der Waals surface area contributed by atoms with E-state index >= 15 is 0 Å². The maximum Gasteiger partial charge on any atom is 0.416 e. The van der Waals surface area contributed by atoms with Crippen LogP contribution < -0.4 is 5.73 Å². The molecule has 1 aliphatic heterocycles. The first-order valence-corrected chi connectivity index (χ1v) is 6.12. The number of nitrogen functional groups attached to an aromatic ring is 1. The van der Waals surface area contributed by atoms with Crippen LogP contribution in [0.3, 0.4) is 0 Å². The molecule has 0 saturated heterocycles. The van der Waals surface area contributed by atoms with Gasteiger partial charge in [0.2, 0.25) is 0 Å². The summed E-state index contributed by atoms with van der Waals surface area (Å²) in [6.07, 6.45) is -4.38. The monoisotopic (exact) mass is 279 g/mol. The van der Waals surface area contributed by atoms with Crippen molar-refractivity contribution < 1.29 is 17.9 Å². The molecule has 0 amide bonds. The first-order valence-electron chi connectivity index (χ1n) is 6.12. The third-order valence-corrected chi connectivity index (χ3v) is 3.41. The maximum atomic E-state index is 12.6. The fraction of sp³-hybridized carbons (Fsp3) is 0.200. The molecule has 0 aliphatic carbocycles. The lowest BCUT2D eigenvalue weighted by molar-refractivity contribution is -0.137. The van der Waals surface area contributed by atoms with Crippen LogP contribution in [0.25, 0.3) is 11.1 Å². The van der Waals surface area contributed by atoms with Gasteiger partial charge in [-0.05, 0) is 34.9 Å². The second kappa shape index (κ2) is 4.52. The number of halogens is 3. The Morgan fingerprint density at radius 2 is 1.70 bits per heavy atom. The van der Waals surface area contributed by atoms with Gasteiger partial charge >= 0.3 is 6.18 Å². The molecule has 104 valence electrons. The molecule has 0 unspecified atom stereocenters. The van der Waals surface area contributed by atoms with Crippen LogP contribution in [0.2, 0.25) is 0 Å². The first-order chi connectivity index (χ1) is 9.45. The molecule has 0 spiro atoms. The summed E-state index contributed by atoms with van der Waals surface area (Å²) < 4.78 is 43.1. The highest BCUT2D eigenvalue weighted by Gasteiger charge is 2.30. The minimum absolute atomic E-state index is 0.124. The molecule has 1 heterocycles. The van der Waals surface area contributed by atoms with Crippen molar-refractivity contribution in [1.82, 2.24) is 0 Å². The van der Waals surface area contributed by atoms with Gasteiger partial charge in [0, 0.05) is 11.3 Å². The van der Waals surface area contributed by atoms with Crippen LogP contribution in [0.1, 0.15) is 16.7 Å². The smallest absolute Gasteiger partial charge is 0.398 e. The fourth-order valence-electron chi connectivity index (χ4n) is 2.34. The van der Waals surface area contributed by atoms with E-state index < -0.39 is 11.7 Å². The molecule has 2 nitrogen and oxygen atoms in total. The summed E-state index contributed by atoms with van der Waals surface area (Å²) in [6.45, 7) is 1.11. The van der Waals surface area contributed by atoms with Crippen LogP contribution in [-0.2, 0) is 24.1 Å². The summed E-state index contributed by atoms with van der Waals surface area (Å²) in [5.41, 5.74) is 8.73. The molecular formula is C15H12F3NO. The number of anilines is 1. The zero-order valence-corrected chi connectivity index (χ0v) is 10.5. The highest BCUT2D eigenvalue weighted by molar-refractivity contribution is 5.77. The summed E-state index contributed by atoms with van der Waals surface area (Å²) in [5, 5.41) is 0. The number of hydrogen-bond acceptors (Lipinski definition) is 2. The molecule has 0 bridgehead atoms. The van der Waals surface area contributed by atoms with E-state index in [4.69, 9.17) is 10.5 Å². The number of alkyl halides is 3. The highest BCUT2D eigenvalue weighted by atomic mass is 19.4. The first kappa shape index (κ1) is 13.0. The maximum absolute atomic E-state index is 12.6. The van der Waals surface area contributed by atoms with Gasteiger partial charge in [0.1, 0.15) is 0 Å². The predicted molar refractivity (Wildman–Crippen MR) is 69.8 cm³/mol. The van der Waals surface area contributed by atoms with Gasteiger partial charge in [-0.25, -0.2) is 0 Å². The third-order valence-electron chi connectivity index (χ3n) is 3.41. The van der Waals surface area contributed by atoms with Crippen LogP contribution in [0, 0.1) is 0 Å². The topological polar surface area (TPSA) is 35.2 Å². The quantitative estimate of drug-likeness (QED) is 0.801. The largest absolute Gasteiger partial charge is 0.416 e. The Labute approximate surface area is 114 Å². The van der Waals surface area contributed by atoms with E-state index in [1.54, 1.807) is 0 Å². The Hall–Kier alpha value is -2.01. The van der Waals surface area contributed by atoms with Gasteiger partial charge in [-0.2, -0.15) is 13.2 Å². The SMILES string of the molecule is Nc1cc(C(F)(F)F)ccc1-c1ccc2c(c1)COC2. The molecule has 0 saturated carbocycles. The summed E-state index contributed by atoms with van der Waals surface area (Å²) >= 11 is 0. The number of ether oxygens (including phenoxy) is 1. The summed E-state index contributed by atoms with van der Waals surface area (Å²) in [7, 11) is 0. The van der Waals surface area contributed by atoms with E-state index in [0.717, 1.165) is 28.8 Å². The normalized spacial score (nSPS) is 14.3. The molecule has 3 rings (SSSR count). The van der Waals surface area contributed by atoms with Gasteiger partial charge in [-0.3, -0.25) is 0 Å². The van der Waals surface area contributed by atoms with Crippen molar-refractivity contribution in [3.63, 3.8) is 0 Å². The number of hydrogen-bond donors (Lipinski definition) is 1. The second-order valence-corrected chi connectivity index (χ2v) is 4.78. The zero-order chi connectivity index (χ0) is 14.3. The predicted octanol–water partition coefficient (Wildman–Crippen LogP) is 3.98. The van der Waals surface area contributed by atoms with Crippen LogP contribution in [-0.4, -0.2) is 0 Å². The van der Waals surface area contributed by atoms with Crippen LogP contribution in [0.15, 0.2) is 36.4 Å². The van der Waals surface area contributed by atoms with Gasteiger partial charge in [0.25, 0.3) is 0 Å². The van der Waals surface area contributed by atoms with E-state index in [1.165, 1.54) is 6.07 Å². The molecule has 0 fully saturated rings. The Morgan fingerprint density at radius 1 is 0.950 bits per heavy atom. The molecule has 1 aliphatic rings. The molecular weight excluding hydrogens is 267 g/mol. The number of benzene rings is 2. The van der Waals surface area contributed by atoms with Crippen molar-refractivity contribution in [2.45, 2.75) is 19.4 Å². The van der Waals surface area contributed by atoms with Gasteiger partial charge in [0.15, 0.2) is 0 Å². The number of rotatable bonds is 1. The third kappa shape index (κ3) is 2.25. The Balaban J connectivity index is 2.03. The molecule has 5 heteroatoms. The number of nitrogens with two attached hydrogens (primary N) is 1. The fourth-order valence-corrected chi connectivity index (χ4v) is 2.34. The molecule has 20 heavy (non-hydrogen) atoms. The molecule has 0 radical (unpaired) electrons. The van der Waals surface area contributed by atoms with Crippen LogP contribution >= 0.6 is 0 Å². The lowest BCUT2D eigenvalue weighted by Gasteiger charge is -2.11. The van der Waals surface area contributed by atoms with Gasteiger partial charge in [-0.15, -0.1) is 0 Å². The van der Waals surface area contributed by atoms with Crippen molar-refractivity contribution in [3.8, 4) is 11.1 Å². The minimum atomic E-state index is -4.38. The second-order valence-electron chi connectivity index (χ2n) is 4.78. The van der Waals surface area contributed by atoms with Crippen molar-refractivity contribution >= 4 is 5.69 Å². The van der Waals surface area contributed by atoms with Crippen LogP contribution in [0.4, 0.5) is 18.9 Å². The van der Waals surface area contributed by atoms with Crippen LogP contribution in [0.5, 0.6) is 0 Å². The number of fused-ring (bicyclic) bond motifs is 1. The van der Waals surface area contributed by atoms with Crippen molar-refractivity contribution in [2.75, 3.05) is 5.73 Å². The molecule has 2 aromatic carbocycles. The minimum Gasteiger partial charge on any atom is -0.398 e. The summed E-state index contributed by atoms with van der Waals surface area (Å²) in [4.78, 5) is 0. The average molecular weight is 279 g/mol. The summed E-state index contributed by atoms with van der Waals surface area (Å²) in [5.74, 6) is 0. The van der Waals surface area contributed by atoms with Crippen molar-refractivity contribution in [3.05, 3.63) is 53.1 Å². The average Bonchev–Trinajstić information content (AvgIpc) is 2.84. The Kier molecular flexibility index (Phi) is 2.94. The van der Waals surface area contributed by atoms with E-state index in [-0.39, 0.29) is 5.69 Å². The van der Waals surface area contributed by atoms with E-state index in [1.807, 2.05) is 18.2 Å². The Bertz CT molecular complexity index is 665. The standard InChI is InChI=1S/C15H12F3NO/c16-15(17,18)12-3-4-13(14(19)6-12)9-1-2-10-7-20-8-11(10)5-9/h1-6H,7-8,19H2. The van der Waals surface area contributed by atoms with Gasteiger partial charge < -0.3 is 10.5 Å².